The Hall–Kier alpha value is -1.53. The molecule has 0 aliphatic carbocycles. The molecule has 112 valence electrons. The van der Waals surface area contributed by atoms with Crippen molar-refractivity contribution in [1.82, 2.24) is 14.9 Å². The van der Waals surface area contributed by atoms with Crippen molar-refractivity contribution in [3.05, 3.63) is 42.2 Å². The van der Waals surface area contributed by atoms with E-state index in [4.69, 9.17) is 12.2 Å². The van der Waals surface area contributed by atoms with E-state index in [0.29, 0.717) is 5.11 Å². The zero-order valence-corrected chi connectivity index (χ0v) is 13.9. The minimum absolute atomic E-state index is 0.663. The smallest absolute Gasteiger partial charge is 0.170 e. The van der Waals surface area contributed by atoms with Crippen LogP contribution in [0.5, 0.6) is 0 Å². The number of hydrogen-bond donors (Lipinski definition) is 2. The number of hydrogen-bond acceptors (Lipinski definition) is 3. The van der Waals surface area contributed by atoms with Gasteiger partial charge in [0.1, 0.15) is 0 Å². The number of para-hydroxylation sites is 1. The van der Waals surface area contributed by atoms with E-state index in [1.165, 1.54) is 5.56 Å². The molecule has 1 aromatic heterocycles. The molecule has 0 atom stereocenters. The van der Waals surface area contributed by atoms with Gasteiger partial charge >= 0.3 is 0 Å². The number of nitrogens with one attached hydrogen (secondary N) is 2. The van der Waals surface area contributed by atoms with Gasteiger partial charge in [-0.15, -0.1) is 0 Å². The van der Waals surface area contributed by atoms with E-state index in [1.807, 2.05) is 36.1 Å². The molecule has 0 fully saturated rings. The number of imidazole rings is 1. The van der Waals surface area contributed by atoms with Crippen molar-refractivity contribution in [3.8, 4) is 0 Å². The normalized spacial score (nSPS) is 10.4. The van der Waals surface area contributed by atoms with Gasteiger partial charge in [-0.2, -0.15) is 0 Å². The fraction of sp³-hybridized carbons (Fsp3) is 0.333. The Balaban J connectivity index is 1.74. The highest BCUT2D eigenvalue weighted by Crippen LogP contribution is 2.15. The molecule has 0 radical (unpaired) electrons. The number of thioether (sulfide) groups is 1. The maximum atomic E-state index is 5.33. The number of aromatic nitrogens is 2. The second kappa shape index (κ2) is 8.05. The largest absolute Gasteiger partial charge is 0.362 e. The van der Waals surface area contributed by atoms with Crippen LogP contribution in [0.1, 0.15) is 12.5 Å². The van der Waals surface area contributed by atoms with Crippen LogP contribution in [-0.2, 0) is 13.5 Å². The van der Waals surface area contributed by atoms with Gasteiger partial charge in [-0.3, -0.25) is 0 Å². The lowest BCUT2D eigenvalue weighted by atomic mass is 10.1. The summed E-state index contributed by atoms with van der Waals surface area (Å²) in [6.07, 6.45) is 4.74. The molecule has 0 saturated heterocycles. The van der Waals surface area contributed by atoms with Gasteiger partial charge in [0.25, 0.3) is 0 Å². The topological polar surface area (TPSA) is 41.9 Å². The summed E-state index contributed by atoms with van der Waals surface area (Å²) in [5.41, 5.74) is 2.35. The Morgan fingerprint density at radius 2 is 2.19 bits per heavy atom. The van der Waals surface area contributed by atoms with E-state index in [9.17, 15) is 0 Å². The quantitative estimate of drug-likeness (QED) is 0.486. The van der Waals surface area contributed by atoms with Crippen molar-refractivity contribution >= 4 is 34.8 Å². The molecule has 1 aromatic carbocycles. The van der Waals surface area contributed by atoms with Gasteiger partial charge in [-0.1, -0.05) is 36.9 Å². The van der Waals surface area contributed by atoms with E-state index < -0.39 is 0 Å². The van der Waals surface area contributed by atoms with E-state index in [0.717, 1.165) is 29.6 Å². The van der Waals surface area contributed by atoms with Crippen LogP contribution in [0.4, 0.5) is 5.69 Å². The van der Waals surface area contributed by atoms with Crippen LogP contribution in [-0.4, -0.2) is 27.0 Å². The van der Waals surface area contributed by atoms with Crippen LogP contribution in [0, 0.1) is 0 Å². The first-order chi connectivity index (χ1) is 10.2. The second-order valence-corrected chi connectivity index (χ2v) is 6.03. The summed E-state index contributed by atoms with van der Waals surface area (Å²) in [5.74, 6) is 0.919. The zero-order chi connectivity index (χ0) is 15.1. The predicted molar refractivity (Wildman–Crippen MR) is 94.0 cm³/mol. The molecule has 21 heavy (non-hydrogen) atoms. The Kier molecular flexibility index (Phi) is 6.07. The Morgan fingerprint density at radius 1 is 1.38 bits per heavy atom. The van der Waals surface area contributed by atoms with E-state index in [2.05, 4.69) is 34.7 Å². The number of anilines is 1. The molecule has 1 heterocycles. The summed E-state index contributed by atoms with van der Waals surface area (Å²) >= 11 is 7.04. The fourth-order valence-corrected chi connectivity index (χ4v) is 2.91. The molecular formula is C15H20N4S2. The molecule has 6 heteroatoms. The van der Waals surface area contributed by atoms with Gasteiger partial charge in [-0.25, -0.2) is 4.98 Å². The number of rotatable bonds is 6. The van der Waals surface area contributed by atoms with Crippen LogP contribution in [0.3, 0.4) is 0 Å². The molecule has 2 aromatic rings. The third-order valence-electron chi connectivity index (χ3n) is 3.04. The highest BCUT2D eigenvalue weighted by atomic mass is 32.2. The fourth-order valence-electron chi connectivity index (χ4n) is 1.91. The minimum atomic E-state index is 0.663. The molecule has 2 rings (SSSR count). The van der Waals surface area contributed by atoms with Gasteiger partial charge in [0.2, 0.25) is 0 Å². The van der Waals surface area contributed by atoms with Crippen molar-refractivity contribution in [2.75, 3.05) is 17.6 Å². The first-order valence-corrected chi connectivity index (χ1v) is 8.33. The number of nitrogens with zero attached hydrogens (tertiary/aromatic N) is 2. The van der Waals surface area contributed by atoms with Gasteiger partial charge in [0.05, 0.1) is 0 Å². The summed E-state index contributed by atoms with van der Waals surface area (Å²) in [6, 6.07) is 8.22. The Bertz CT molecular complexity index is 595. The van der Waals surface area contributed by atoms with Crippen molar-refractivity contribution in [2.45, 2.75) is 18.5 Å². The van der Waals surface area contributed by atoms with Crippen molar-refractivity contribution in [3.63, 3.8) is 0 Å². The highest BCUT2D eigenvalue weighted by molar-refractivity contribution is 7.99. The number of aryl methyl sites for hydroxylation is 2. The van der Waals surface area contributed by atoms with Gasteiger partial charge < -0.3 is 15.2 Å². The Labute approximate surface area is 135 Å². The molecule has 2 N–H and O–H groups in total. The average Bonchev–Trinajstić information content (AvgIpc) is 2.89. The zero-order valence-electron chi connectivity index (χ0n) is 12.3. The molecule has 0 saturated carbocycles. The van der Waals surface area contributed by atoms with Crippen molar-refractivity contribution in [2.24, 2.45) is 7.05 Å². The minimum Gasteiger partial charge on any atom is -0.362 e. The van der Waals surface area contributed by atoms with Gasteiger partial charge in [-0.05, 0) is 30.3 Å². The number of thiocarbonyl (C=S) groups is 1. The first-order valence-electron chi connectivity index (χ1n) is 6.93. The summed E-state index contributed by atoms with van der Waals surface area (Å²) in [6.45, 7) is 2.94. The monoisotopic (exact) mass is 320 g/mol. The number of benzene rings is 1. The van der Waals surface area contributed by atoms with Crippen LogP contribution in [0.2, 0.25) is 0 Å². The predicted octanol–water partition coefficient (Wildman–Crippen LogP) is 3.06. The molecule has 0 amide bonds. The van der Waals surface area contributed by atoms with Crippen LogP contribution in [0.25, 0.3) is 0 Å². The second-order valence-electron chi connectivity index (χ2n) is 4.56. The first kappa shape index (κ1) is 15.9. The third-order valence-corrected chi connectivity index (χ3v) is 4.35. The maximum Gasteiger partial charge on any atom is 0.170 e. The van der Waals surface area contributed by atoms with Gasteiger partial charge in [0, 0.05) is 37.4 Å². The van der Waals surface area contributed by atoms with E-state index >= 15 is 0 Å². The Morgan fingerprint density at radius 3 is 2.90 bits per heavy atom. The van der Waals surface area contributed by atoms with Crippen molar-refractivity contribution < 1.29 is 0 Å². The average molecular weight is 320 g/mol. The van der Waals surface area contributed by atoms with Crippen LogP contribution in [0.15, 0.2) is 41.8 Å². The lowest BCUT2D eigenvalue weighted by molar-refractivity contribution is 0.789. The highest BCUT2D eigenvalue weighted by Gasteiger charge is 2.03. The maximum absolute atomic E-state index is 5.33. The van der Waals surface area contributed by atoms with Gasteiger partial charge in [0.15, 0.2) is 10.3 Å². The summed E-state index contributed by atoms with van der Waals surface area (Å²) in [4.78, 5) is 4.27. The summed E-state index contributed by atoms with van der Waals surface area (Å²) in [5, 5.41) is 8.17. The summed E-state index contributed by atoms with van der Waals surface area (Å²) in [7, 11) is 2.00. The standard InChI is InChI=1S/C15H20N4S2/c1-3-12-6-4-5-7-13(12)18-14(20)16-9-11-21-15-17-8-10-19(15)2/h4-8,10H,3,9,11H2,1-2H3,(H2,16,18,20). The van der Waals surface area contributed by atoms with Crippen LogP contribution >= 0.6 is 24.0 Å². The lowest BCUT2D eigenvalue weighted by Gasteiger charge is -2.13. The molecule has 0 aliphatic rings. The SMILES string of the molecule is CCc1ccccc1NC(=S)NCCSc1nccn1C. The van der Waals surface area contributed by atoms with Crippen molar-refractivity contribution in [1.29, 1.82) is 0 Å². The summed E-state index contributed by atoms with van der Waals surface area (Å²) < 4.78 is 2.01. The van der Waals surface area contributed by atoms with E-state index in [1.54, 1.807) is 11.8 Å². The molecule has 0 aliphatic heterocycles. The van der Waals surface area contributed by atoms with E-state index in [-0.39, 0.29) is 0 Å². The molecule has 0 unspecified atom stereocenters. The molecule has 4 nitrogen and oxygen atoms in total. The molecule has 0 bridgehead atoms. The third kappa shape index (κ3) is 4.75. The lowest BCUT2D eigenvalue weighted by Crippen LogP contribution is -2.30. The van der Waals surface area contributed by atoms with Crippen LogP contribution < -0.4 is 10.6 Å². The molecular weight excluding hydrogens is 300 g/mol. The molecule has 0 spiro atoms.